The van der Waals surface area contributed by atoms with E-state index in [1.165, 1.54) is 0 Å². The lowest BCUT2D eigenvalue weighted by Crippen LogP contribution is -2.55. The number of benzene rings is 5. The van der Waals surface area contributed by atoms with Crippen molar-refractivity contribution < 1.29 is 134 Å². The van der Waals surface area contributed by atoms with Crippen molar-refractivity contribution in [3.05, 3.63) is 57.6 Å². The van der Waals surface area contributed by atoms with E-state index in [-0.39, 0.29) is 0 Å². The number of aromatic hydroxyl groups is 14. The van der Waals surface area contributed by atoms with Gasteiger partial charge in [-0.05, 0) is 18.2 Å². The Morgan fingerprint density at radius 2 is 0.912 bits per heavy atom. The fourth-order valence-electron chi connectivity index (χ4n) is 7.78. The first kappa shape index (κ1) is 45.0. The van der Waals surface area contributed by atoms with Gasteiger partial charge in [0.2, 0.25) is 34.5 Å². The third-order valence-corrected chi connectivity index (χ3v) is 11.0. The lowest BCUT2D eigenvalue weighted by molar-refractivity contribution is -0.153. The molecule has 0 radical (unpaired) electrons. The molecule has 5 aromatic carbocycles. The molecule has 4 heterocycles. The minimum Gasteiger partial charge on any atom is -0.504 e. The molecular formula is C41H28O27. The molecule has 0 spiro atoms. The van der Waals surface area contributed by atoms with Gasteiger partial charge in [0.05, 0.1) is 22.3 Å². The van der Waals surface area contributed by atoms with E-state index < -0.39 is 215 Å². The summed E-state index contributed by atoms with van der Waals surface area (Å²) in [4.78, 5) is 68.4. The number of hydrogen-bond acceptors (Lipinski definition) is 26. The number of carbonyl (C=O) groups excluding carboxylic acids is 4. The first-order valence-corrected chi connectivity index (χ1v) is 18.7. The number of phenolic OH excluding ortho intramolecular Hbond substituents is 14. The average molecular weight is 953 g/mol. The van der Waals surface area contributed by atoms with Crippen LogP contribution in [0.25, 0.3) is 22.3 Å². The topological polar surface area (TPSA) is 475 Å². The summed E-state index contributed by atoms with van der Waals surface area (Å²) in [7, 11) is 0. The van der Waals surface area contributed by atoms with Gasteiger partial charge in [-0.3, -0.25) is 0 Å². The Bertz CT molecular complexity index is 3140. The number of rotatable bonds is 4. The second-order valence-corrected chi connectivity index (χ2v) is 14.8. The first-order valence-electron chi connectivity index (χ1n) is 18.7. The molecule has 4 aliphatic heterocycles. The smallest absolute Gasteiger partial charge is 0.339 e. The summed E-state index contributed by atoms with van der Waals surface area (Å²) in [6.07, 6.45) is -13.0. The predicted octanol–water partition coefficient (Wildman–Crippen LogP) is 1.26. The van der Waals surface area contributed by atoms with Gasteiger partial charge >= 0.3 is 29.8 Å². The van der Waals surface area contributed by atoms with Crippen LogP contribution in [0.15, 0.2) is 24.3 Å². The van der Waals surface area contributed by atoms with Gasteiger partial charge in [0.15, 0.2) is 75.8 Å². The molecule has 4 bridgehead atoms. The fraction of sp³-hybridized carbons (Fsp3) is 0.146. The van der Waals surface area contributed by atoms with E-state index in [0.29, 0.717) is 24.3 Å². The van der Waals surface area contributed by atoms with Gasteiger partial charge in [-0.25, -0.2) is 24.0 Å². The average Bonchev–Trinajstić information content (AvgIpc) is 3.29. The zero-order valence-electron chi connectivity index (χ0n) is 33.1. The van der Waals surface area contributed by atoms with Crippen molar-refractivity contribution in [3.63, 3.8) is 0 Å². The van der Waals surface area contributed by atoms with E-state index in [9.17, 15) is 111 Å². The normalized spacial score (nSPS) is 19.8. The van der Waals surface area contributed by atoms with Gasteiger partial charge in [-0.1, -0.05) is 0 Å². The Hall–Kier alpha value is -9.63. The van der Waals surface area contributed by atoms with Crippen molar-refractivity contribution in [1.82, 2.24) is 0 Å². The Morgan fingerprint density at radius 3 is 1.49 bits per heavy atom. The van der Waals surface area contributed by atoms with Gasteiger partial charge in [-0.15, -0.1) is 0 Å². The highest BCUT2D eigenvalue weighted by molar-refractivity contribution is 6.11. The highest BCUT2D eigenvalue weighted by Gasteiger charge is 2.53. The number of aliphatic hydroxyl groups is 2. The number of phenols is 14. The molecule has 0 aromatic heterocycles. The van der Waals surface area contributed by atoms with E-state index >= 15 is 0 Å². The highest BCUT2D eigenvalue weighted by atomic mass is 16.6. The molecule has 0 aliphatic carbocycles. The fourth-order valence-corrected chi connectivity index (χ4v) is 7.78. The zero-order valence-corrected chi connectivity index (χ0v) is 33.1. The van der Waals surface area contributed by atoms with Crippen LogP contribution >= 0.6 is 0 Å². The maximum atomic E-state index is 14.5. The van der Waals surface area contributed by atoms with E-state index in [4.69, 9.17) is 23.7 Å². The van der Waals surface area contributed by atoms with Crippen LogP contribution in [0.4, 0.5) is 0 Å². The van der Waals surface area contributed by atoms with Crippen molar-refractivity contribution in [1.29, 1.82) is 0 Å². The van der Waals surface area contributed by atoms with Gasteiger partial charge in [-0.2, -0.15) is 0 Å². The highest BCUT2D eigenvalue weighted by Crippen LogP contribution is 2.59. The van der Waals surface area contributed by atoms with Gasteiger partial charge in [0, 0.05) is 33.9 Å². The summed E-state index contributed by atoms with van der Waals surface area (Å²) in [6, 6.07) is 1.42. The van der Waals surface area contributed by atoms with E-state index in [1.807, 2.05) is 0 Å². The second-order valence-electron chi connectivity index (χ2n) is 14.8. The largest absolute Gasteiger partial charge is 0.504 e. The molecule has 5 atom stereocenters. The van der Waals surface area contributed by atoms with Crippen LogP contribution < -0.4 is 4.74 Å². The molecule has 4 aliphatic rings. The van der Waals surface area contributed by atoms with Crippen molar-refractivity contribution in [3.8, 4) is 114 Å². The molecule has 0 unspecified atom stereocenters. The summed E-state index contributed by atoms with van der Waals surface area (Å²) >= 11 is 0. The summed E-state index contributed by atoms with van der Waals surface area (Å²) in [5.74, 6) is -31.9. The van der Waals surface area contributed by atoms with Crippen LogP contribution in [0.3, 0.4) is 0 Å². The number of fused-ring (bicyclic) bond motifs is 6. The molecule has 9 rings (SSSR count). The monoisotopic (exact) mass is 952 g/mol. The third kappa shape index (κ3) is 6.48. The Balaban J connectivity index is 1.34. The standard InChI is InChI=1S/C41H28O27/c42-10-1-7-15(24(50)21(10)47)16-6(3-13(45)33(28(16)54)65-32-9(37(58)59)4-12(44)23(49)31(32)57)38(60)64-5-14(46)34(66-39(7)61)36-35-29(55)20-19(41(63)67-35)18(26(52)30(56)27(20)53)17-8(40(62)68-36)2-11(43)22(48)25(17)51/h1-4,14,29,34-36,42-57H,5H2,(H,58,59)/t14-,29-,34-,35+,36+/m1/s1. The number of aromatic carboxylic acids is 1. The van der Waals surface area contributed by atoms with Gasteiger partial charge in [0.25, 0.3) is 0 Å². The molecule has 17 N–H and O–H groups in total. The quantitative estimate of drug-likeness (QED) is 0.0685. The Labute approximate surface area is 373 Å². The minimum atomic E-state index is -2.68. The predicted molar refractivity (Wildman–Crippen MR) is 209 cm³/mol. The van der Waals surface area contributed by atoms with Crippen LogP contribution in [-0.4, -0.2) is 148 Å². The Morgan fingerprint density at radius 1 is 0.456 bits per heavy atom. The van der Waals surface area contributed by atoms with Crippen LogP contribution in [0.1, 0.15) is 63.5 Å². The van der Waals surface area contributed by atoms with Crippen molar-refractivity contribution in [2.45, 2.75) is 30.5 Å². The van der Waals surface area contributed by atoms with Crippen molar-refractivity contribution in [2.75, 3.05) is 6.61 Å². The number of carbonyl (C=O) groups is 5. The van der Waals surface area contributed by atoms with E-state index in [0.717, 1.165) is 0 Å². The summed E-state index contributed by atoms with van der Waals surface area (Å²) in [5, 5.41) is 184. The summed E-state index contributed by atoms with van der Waals surface area (Å²) in [6.45, 7) is -1.45. The van der Waals surface area contributed by atoms with E-state index in [2.05, 4.69) is 0 Å². The molecule has 27 nitrogen and oxygen atoms in total. The zero-order chi connectivity index (χ0) is 49.9. The minimum absolute atomic E-state index is 0.302. The lowest BCUT2D eigenvalue weighted by Gasteiger charge is -2.40. The van der Waals surface area contributed by atoms with Crippen LogP contribution in [0.5, 0.6) is 92.0 Å². The second kappa shape index (κ2) is 15.5. The van der Waals surface area contributed by atoms with Crippen LogP contribution in [-0.2, 0) is 18.9 Å². The van der Waals surface area contributed by atoms with Crippen LogP contribution in [0.2, 0.25) is 0 Å². The maximum Gasteiger partial charge on any atom is 0.339 e. The molecule has 0 amide bonds. The molecule has 0 fully saturated rings. The maximum absolute atomic E-state index is 14.5. The van der Waals surface area contributed by atoms with Gasteiger partial charge < -0.3 is 110 Å². The molecule has 0 saturated carbocycles. The Kier molecular flexibility index (Phi) is 10.3. The number of carboxylic acid groups (broad SMARTS) is 1. The molecule has 5 aromatic rings. The van der Waals surface area contributed by atoms with Crippen molar-refractivity contribution in [2.24, 2.45) is 0 Å². The lowest BCUT2D eigenvalue weighted by atomic mass is 9.82. The van der Waals surface area contributed by atoms with Crippen LogP contribution in [0, 0.1) is 0 Å². The number of aliphatic hydroxyl groups excluding tert-OH is 2. The third-order valence-electron chi connectivity index (χ3n) is 11.0. The van der Waals surface area contributed by atoms with Crippen molar-refractivity contribution >= 4 is 29.8 Å². The number of cyclic esters (lactones) is 2. The molecule has 27 heteroatoms. The molecule has 354 valence electrons. The SMILES string of the molecule is O=C(O)c1cc(O)c(O)c(O)c1Oc1c(O)cc2c(c1O)-c1c(cc(O)c(O)c1O)C(=O)O[C@@H]([C@@H]1OC(=O)c3cc(O)c(O)c(O)c3-c3c(O)c(O)c(O)c4c3C(=O)O[C@H]1[C@@H]4O)[C@H](O)COC2=O. The number of ether oxygens (including phenoxy) is 5. The summed E-state index contributed by atoms with van der Waals surface area (Å²) < 4.78 is 26.8. The summed E-state index contributed by atoms with van der Waals surface area (Å²) in [5.41, 5.74) is -11.4. The molecule has 0 saturated heterocycles. The first-order chi connectivity index (χ1) is 31.9. The van der Waals surface area contributed by atoms with E-state index in [1.54, 1.807) is 0 Å². The molecular weight excluding hydrogens is 924 g/mol. The number of esters is 4. The van der Waals surface area contributed by atoms with Gasteiger partial charge in [0.1, 0.15) is 24.4 Å². The number of carboxylic acids is 1. The number of hydrogen-bond donors (Lipinski definition) is 17. The molecule has 68 heavy (non-hydrogen) atoms.